The van der Waals surface area contributed by atoms with E-state index in [0.29, 0.717) is 36.2 Å². The molecule has 0 spiro atoms. The molecule has 2 rings (SSSR count). The maximum Gasteiger partial charge on any atom is 0.318 e. The first-order valence-electron chi connectivity index (χ1n) is 6.87. The predicted molar refractivity (Wildman–Crippen MR) is 78.2 cm³/mol. The van der Waals surface area contributed by atoms with Gasteiger partial charge in [-0.15, -0.1) is 0 Å². The van der Waals surface area contributed by atoms with Crippen molar-refractivity contribution in [2.45, 2.75) is 32.6 Å². The molecule has 0 aliphatic rings. The zero-order valence-electron chi connectivity index (χ0n) is 12.0. The van der Waals surface area contributed by atoms with Crippen molar-refractivity contribution < 1.29 is 14.1 Å². The first-order chi connectivity index (χ1) is 10.1. The fourth-order valence-electron chi connectivity index (χ4n) is 2.00. The van der Waals surface area contributed by atoms with Gasteiger partial charge in [-0.05, 0) is 31.0 Å². The van der Waals surface area contributed by atoms with Crippen molar-refractivity contribution in [2.75, 3.05) is 6.61 Å². The van der Waals surface area contributed by atoms with Crippen molar-refractivity contribution in [1.29, 1.82) is 0 Å². The van der Waals surface area contributed by atoms with Gasteiger partial charge in [0, 0.05) is 11.4 Å². The predicted octanol–water partition coefficient (Wildman–Crippen LogP) is 3.37. The van der Waals surface area contributed by atoms with E-state index in [9.17, 15) is 4.79 Å². The third-order valence-electron chi connectivity index (χ3n) is 3.01. The van der Waals surface area contributed by atoms with E-state index in [0.717, 1.165) is 5.56 Å². The van der Waals surface area contributed by atoms with E-state index in [1.165, 1.54) is 0 Å². The smallest absolute Gasteiger partial charge is 0.318 e. The molecule has 21 heavy (non-hydrogen) atoms. The molecule has 6 heteroatoms. The highest BCUT2D eigenvalue weighted by molar-refractivity contribution is 6.30. The van der Waals surface area contributed by atoms with Gasteiger partial charge in [0.2, 0.25) is 5.89 Å². The van der Waals surface area contributed by atoms with Crippen LogP contribution in [-0.2, 0) is 16.0 Å². The summed E-state index contributed by atoms with van der Waals surface area (Å²) in [7, 11) is 0. The van der Waals surface area contributed by atoms with Crippen LogP contribution in [0.5, 0.6) is 0 Å². The Morgan fingerprint density at radius 3 is 2.90 bits per heavy atom. The Kier molecular flexibility index (Phi) is 5.33. The van der Waals surface area contributed by atoms with Crippen molar-refractivity contribution in [3.63, 3.8) is 0 Å². The van der Waals surface area contributed by atoms with Crippen molar-refractivity contribution in [2.24, 2.45) is 0 Å². The lowest BCUT2D eigenvalue weighted by Crippen LogP contribution is -2.15. The van der Waals surface area contributed by atoms with E-state index >= 15 is 0 Å². The van der Waals surface area contributed by atoms with E-state index in [-0.39, 0.29) is 5.97 Å². The molecule has 2 aromatic rings. The summed E-state index contributed by atoms with van der Waals surface area (Å²) in [5, 5.41) is 4.58. The minimum Gasteiger partial charge on any atom is -0.465 e. The van der Waals surface area contributed by atoms with Gasteiger partial charge in [0.25, 0.3) is 0 Å². The molecule has 0 saturated carbocycles. The fraction of sp³-hybridized carbons (Fsp3) is 0.400. The Hall–Kier alpha value is -1.88. The molecule has 0 aliphatic heterocycles. The summed E-state index contributed by atoms with van der Waals surface area (Å²) in [5.74, 6) is -0.0217. The normalized spacial score (nSPS) is 12.1. The Morgan fingerprint density at radius 1 is 1.43 bits per heavy atom. The number of halogens is 1. The summed E-state index contributed by atoms with van der Waals surface area (Å²) in [6, 6.07) is 7.46. The molecule has 0 radical (unpaired) electrons. The highest BCUT2D eigenvalue weighted by Gasteiger charge is 2.26. The third kappa shape index (κ3) is 4.04. The first kappa shape index (κ1) is 15.5. The molecular weight excluding hydrogens is 292 g/mol. The Labute approximate surface area is 128 Å². The van der Waals surface area contributed by atoms with Crippen LogP contribution in [0.15, 0.2) is 28.8 Å². The van der Waals surface area contributed by atoms with Crippen molar-refractivity contribution in [1.82, 2.24) is 10.1 Å². The number of aromatic nitrogens is 2. The lowest BCUT2D eigenvalue weighted by molar-refractivity contribution is -0.145. The number of hydrogen-bond acceptors (Lipinski definition) is 5. The van der Waals surface area contributed by atoms with E-state index in [4.69, 9.17) is 20.9 Å². The SMILES string of the molecule is CCOC(=O)C(CC)c1nc(Cc2cccc(Cl)c2)no1. The third-order valence-corrected chi connectivity index (χ3v) is 3.25. The molecule has 112 valence electrons. The highest BCUT2D eigenvalue weighted by atomic mass is 35.5. The molecule has 0 N–H and O–H groups in total. The van der Waals surface area contributed by atoms with Gasteiger partial charge in [-0.1, -0.05) is 35.8 Å². The van der Waals surface area contributed by atoms with Crippen LogP contribution in [0.4, 0.5) is 0 Å². The van der Waals surface area contributed by atoms with Gasteiger partial charge in [0.1, 0.15) is 5.92 Å². The second kappa shape index (κ2) is 7.22. The molecule has 1 heterocycles. The molecule has 1 aromatic heterocycles. The van der Waals surface area contributed by atoms with Gasteiger partial charge in [0.15, 0.2) is 5.82 Å². The molecule has 0 aliphatic carbocycles. The van der Waals surface area contributed by atoms with E-state index < -0.39 is 5.92 Å². The van der Waals surface area contributed by atoms with Crippen LogP contribution in [0.1, 0.15) is 43.5 Å². The molecule has 1 unspecified atom stereocenters. The zero-order valence-corrected chi connectivity index (χ0v) is 12.8. The standard InChI is InChI=1S/C15H17ClN2O3/c1-3-12(15(19)20-4-2)14-17-13(18-21-14)9-10-6-5-7-11(16)8-10/h5-8,12H,3-4,9H2,1-2H3. The average molecular weight is 309 g/mol. The second-order valence-electron chi connectivity index (χ2n) is 4.57. The largest absolute Gasteiger partial charge is 0.465 e. The first-order valence-corrected chi connectivity index (χ1v) is 7.25. The van der Waals surface area contributed by atoms with Gasteiger partial charge in [-0.25, -0.2) is 0 Å². The number of nitrogens with zero attached hydrogens (tertiary/aromatic N) is 2. The van der Waals surface area contributed by atoms with Crippen LogP contribution in [-0.4, -0.2) is 22.7 Å². The Balaban J connectivity index is 2.11. The number of carbonyl (C=O) groups is 1. The minimum atomic E-state index is -0.509. The molecule has 0 fully saturated rings. The molecule has 0 bridgehead atoms. The second-order valence-corrected chi connectivity index (χ2v) is 5.00. The maximum atomic E-state index is 11.8. The number of hydrogen-bond donors (Lipinski definition) is 0. The Bertz CT molecular complexity index is 612. The molecular formula is C15H17ClN2O3. The van der Waals surface area contributed by atoms with E-state index in [1.807, 2.05) is 25.1 Å². The molecule has 0 amide bonds. The van der Waals surface area contributed by atoms with E-state index in [1.54, 1.807) is 13.0 Å². The number of esters is 1. The summed E-state index contributed by atoms with van der Waals surface area (Å²) in [5.41, 5.74) is 0.985. The van der Waals surface area contributed by atoms with Crippen LogP contribution in [0, 0.1) is 0 Å². The van der Waals surface area contributed by atoms with Gasteiger partial charge >= 0.3 is 5.97 Å². The quantitative estimate of drug-likeness (QED) is 0.765. The topological polar surface area (TPSA) is 65.2 Å². The van der Waals surface area contributed by atoms with Crippen LogP contribution < -0.4 is 0 Å². The van der Waals surface area contributed by atoms with Crippen molar-refractivity contribution >= 4 is 17.6 Å². The summed E-state index contributed by atoms with van der Waals surface area (Å²) in [6.07, 6.45) is 1.06. The number of ether oxygens (including phenoxy) is 1. The number of benzene rings is 1. The maximum absolute atomic E-state index is 11.8. The Morgan fingerprint density at radius 2 is 2.24 bits per heavy atom. The van der Waals surface area contributed by atoms with Crippen LogP contribution in [0.2, 0.25) is 5.02 Å². The van der Waals surface area contributed by atoms with E-state index in [2.05, 4.69) is 10.1 Å². The lowest BCUT2D eigenvalue weighted by atomic mass is 10.1. The van der Waals surface area contributed by atoms with Crippen LogP contribution in [0.25, 0.3) is 0 Å². The molecule has 0 saturated heterocycles. The highest BCUT2D eigenvalue weighted by Crippen LogP contribution is 2.20. The van der Waals surface area contributed by atoms with Crippen LogP contribution in [0.3, 0.4) is 0 Å². The average Bonchev–Trinajstić information content (AvgIpc) is 2.88. The number of rotatable bonds is 6. The lowest BCUT2D eigenvalue weighted by Gasteiger charge is -2.08. The van der Waals surface area contributed by atoms with Gasteiger partial charge in [-0.2, -0.15) is 4.98 Å². The zero-order chi connectivity index (χ0) is 15.2. The monoisotopic (exact) mass is 308 g/mol. The van der Waals surface area contributed by atoms with Gasteiger partial charge in [0.05, 0.1) is 6.61 Å². The van der Waals surface area contributed by atoms with Crippen LogP contribution >= 0.6 is 11.6 Å². The molecule has 1 atom stereocenters. The summed E-state index contributed by atoms with van der Waals surface area (Å²) in [4.78, 5) is 16.1. The summed E-state index contributed by atoms with van der Waals surface area (Å²) < 4.78 is 10.2. The van der Waals surface area contributed by atoms with Crippen molar-refractivity contribution in [3.8, 4) is 0 Å². The van der Waals surface area contributed by atoms with Gasteiger partial charge < -0.3 is 9.26 Å². The van der Waals surface area contributed by atoms with Crippen molar-refractivity contribution in [3.05, 3.63) is 46.6 Å². The molecule has 1 aromatic carbocycles. The molecule has 5 nitrogen and oxygen atoms in total. The van der Waals surface area contributed by atoms with Gasteiger partial charge in [-0.3, -0.25) is 4.79 Å². The fourth-order valence-corrected chi connectivity index (χ4v) is 2.21. The summed E-state index contributed by atoms with van der Waals surface area (Å²) in [6.45, 7) is 3.98. The minimum absolute atomic E-state index is 0.299. The number of carbonyl (C=O) groups excluding carboxylic acids is 1. The summed E-state index contributed by atoms with van der Waals surface area (Å²) >= 11 is 5.94.